The average Bonchev–Trinajstić information content (AvgIpc) is 3.10. The van der Waals surface area contributed by atoms with E-state index in [9.17, 15) is 30.6 Å². The van der Waals surface area contributed by atoms with E-state index in [1.807, 2.05) is 101 Å². The van der Waals surface area contributed by atoms with Crippen molar-refractivity contribution in [2.45, 2.75) is 84.2 Å². The third kappa shape index (κ3) is 8.01. The first-order chi connectivity index (χ1) is 24.4. The van der Waals surface area contributed by atoms with Crippen molar-refractivity contribution >= 4 is 0 Å². The lowest BCUT2D eigenvalue weighted by molar-refractivity contribution is -0.115. The van der Waals surface area contributed by atoms with Gasteiger partial charge in [0.05, 0.1) is 0 Å². The van der Waals surface area contributed by atoms with Gasteiger partial charge in [-0.25, -0.2) is 0 Å². The number of benzene rings is 4. The Labute approximate surface area is 308 Å². The number of rotatable bonds is 7. The highest BCUT2D eigenvalue weighted by molar-refractivity contribution is 5.53. The van der Waals surface area contributed by atoms with Crippen LogP contribution in [0.2, 0.25) is 0 Å². The molecule has 0 aliphatic heterocycles. The van der Waals surface area contributed by atoms with Gasteiger partial charge in [-0.05, 0) is 95.5 Å². The highest BCUT2D eigenvalue weighted by atomic mass is 16.5. The minimum Gasteiger partial charge on any atom is -0.507 e. The summed E-state index contributed by atoms with van der Waals surface area (Å²) in [5.74, 6) is -3.07. The first kappa shape index (κ1) is 38.5. The molecular weight excluding hydrogens is 649 g/mol. The number of hydrogen-bond acceptors (Lipinski definition) is 6. The van der Waals surface area contributed by atoms with Crippen LogP contribution in [0.1, 0.15) is 84.0 Å². The molecule has 6 N–H and O–H groups in total. The SMILES string of the molecule is CC(C1=CCC(O)(O)C=C1)(C1=CCC(O)(O)C=C1)C(c1ccccc1)c1ccccc1.Cc1cc(C(C)(C)c2cc(C)c(O)c(C)c2)cc(C)c1O. The van der Waals surface area contributed by atoms with Crippen LogP contribution in [0, 0.1) is 33.1 Å². The van der Waals surface area contributed by atoms with Gasteiger partial charge in [-0.3, -0.25) is 0 Å². The van der Waals surface area contributed by atoms with Crippen molar-refractivity contribution in [2.75, 3.05) is 0 Å². The molecule has 0 unspecified atom stereocenters. The zero-order chi connectivity index (χ0) is 38.1. The lowest BCUT2D eigenvalue weighted by Gasteiger charge is -2.43. The van der Waals surface area contributed by atoms with Gasteiger partial charge in [-0.2, -0.15) is 0 Å². The third-order valence-electron chi connectivity index (χ3n) is 10.8. The number of aliphatic hydroxyl groups is 4. The first-order valence-electron chi connectivity index (χ1n) is 17.8. The van der Waals surface area contributed by atoms with E-state index in [1.165, 1.54) is 23.3 Å². The Kier molecular flexibility index (Phi) is 10.9. The Morgan fingerprint density at radius 2 is 0.865 bits per heavy atom. The van der Waals surface area contributed by atoms with Gasteiger partial charge < -0.3 is 30.6 Å². The van der Waals surface area contributed by atoms with Gasteiger partial charge in [0.2, 0.25) is 0 Å². The van der Waals surface area contributed by atoms with Crippen LogP contribution in [-0.4, -0.2) is 42.2 Å². The third-order valence-corrected chi connectivity index (χ3v) is 10.8. The molecule has 0 radical (unpaired) electrons. The lowest BCUT2D eigenvalue weighted by atomic mass is 9.60. The predicted molar refractivity (Wildman–Crippen MR) is 208 cm³/mol. The van der Waals surface area contributed by atoms with E-state index in [4.69, 9.17) is 0 Å². The van der Waals surface area contributed by atoms with Crippen molar-refractivity contribution < 1.29 is 30.6 Å². The number of aromatic hydroxyl groups is 2. The number of phenols is 2. The van der Waals surface area contributed by atoms with E-state index in [2.05, 4.69) is 45.0 Å². The van der Waals surface area contributed by atoms with E-state index in [1.54, 1.807) is 12.2 Å². The predicted octanol–water partition coefficient (Wildman–Crippen LogP) is 8.62. The monoisotopic (exact) mass is 700 g/mol. The summed E-state index contributed by atoms with van der Waals surface area (Å²) in [6.45, 7) is 14.2. The van der Waals surface area contributed by atoms with Crippen molar-refractivity contribution in [2.24, 2.45) is 5.41 Å². The van der Waals surface area contributed by atoms with Crippen LogP contribution >= 0.6 is 0 Å². The molecule has 0 atom stereocenters. The molecule has 0 saturated heterocycles. The molecule has 0 bridgehead atoms. The van der Waals surface area contributed by atoms with Gasteiger partial charge in [0.25, 0.3) is 0 Å². The highest BCUT2D eigenvalue weighted by Gasteiger charge is 2.43. The smallest absolute Gasteiger partial charge is 0.186 e. The van der Waals surface area contributed by atoms with Crippen molar-refractivity contribution in [1.82, 2.24) is 0 Å². The molecule has 0 heterocycles. The second-order valence-corrected chi connectivity index (χ2v) is 15.1. The molecule has 4 aromatic rings. The molecule has 0 saturated carbocycles. The van der Waals surface area contributed by atoms with Gasteiger partial charge >= 0.3 is 0 Å². The van der Waals surface area contributed by atoms with Crippen LogP contribution in [0.25, 0.3) is 0 Å². The molecule has 6 rings (SSSR count). The van der Waals surface area contributed by atoms with E-state index < -0.39 is 17.0 Å². The van der Waals surface area contributed by atoms with Crippen LogP contribution in [-0.2, 0) is 5.41 Å². The molecule has 272 valence electrons. The van der Waals surface area contributed by atoms with Crippen molar-refractivity contribution in [3.63, 3.8) is 0 Å². The normalized spacial score (nSPS) is 16.5. The maximum absolute atomic E-state index is 10.0. The van der Waals surface area contributed by atoms with Gasteiger partial charge in [0.15, 0.2) is 11.6 Å². The fourth-order valence-electron chi connectivity index (χ4n) is 7.46. The molecule has 2 aliphatic rings. The summed E-state index contributed by atoms with van der Waals surface area (Å²) in [7, 11) is 0. The minimum absolute atomic E-state index is 0.0866. The highest BCUT2D eigenvalue weighted by Crippen LogP contribution is 2.53. The van der Waals surface area contributed by atoms with Gasteiger partial charge in [-0.15, -0.1) is 0 Å². The summed E-state index contributed by atoms with van der Waals surface area (Å²) >= 11 is 0. The summed E-state index contributed by atoms with van der Waals surface area (Å²) in [5.41, 5.74) is 9.26. The van der Waals surface area contributed by atoms with Gasteiger partial charge in [0, 0.05) is 29.6 Å². The summed E-state index contributed by atoms with van der Waals surface area (Å²) in [6, 6.07) is 28.6. The Morgan fingerprint density at radius 3 is 1.15 bits per heavy atom. The molecule has 2 aliphatic carbocycles. The Morgan fingerprint density at radius 1 is 0.538 bits per heavy atom. The second kappa shape index (κ2) is 14.7. The quantitative estimate of drug-likeness (QED) is 0.107. The fraction of sp³-hybridized carbons (Fsp3) is 0.304. The Bertz CT molecular complexity index is 1840. The molecule has 6 heteroatoms. The van der Waals surface area contributed by atoms with Gasteiger partial charge in [-0.1, -0.05) is 130 Å². The molecule has 6 nitrogen and oxygen atoms in total. The van der Waals surface area contributed by atoms with Crippen LogP contribution in [0.3, 0.4) is 0 Å². The molecule has 0 amide bonds. The minimum atomic E-state index is -1.86. The molecule has 0 spiro atoms. The largest absolute Gasteiger partial charge is 0.507 e. The zero-order valence-electron chi connectivity index (χ0n) is 31.2. The van der Waals surface area contributed by atoms with Crippen molar-refractivity contribution in [3.8, 4) is 11.5 Å². The summed E-state index contributed by atoms with van der Waals surface area (Å²) in [6.07, 6.45) is 10.3. The number of hydrogen-bond donors (Lipinski definition) is 6. The van der Waals surface area contributed by atoms with Crippen molar-refractivity contribution in [3.05, 3.63) is 177 Å². The average molecular weight is 701 g/mol. The number of allylic oxidation sites excluding steroid dienone is 4. The van der Waals surface area contributed by atoms with Crippen LogP contribution in [0.5, 0.6) is 11.5 Å². The zero-order valence-corrected chi connectivity index (χ0v) is 31.2. The molecule has 0 fully saturated rings. The molecule has 52 heavy (non-hydrogen) atoms. The standard InChI is InChI=1S/C27H28O4.C19H24O2/c1-25(22-12-16-26(28,29)17-13-22,23-14-18-27(30,31)19-15-23)24(20-8-4-2-5-9-20)21-10-6-3-7-11-21;1-11-7-15(8-12(2)17(11)20)19(5,6)16-9-13(3)18(21)14(4)10-16/h2-16,18,24,28-31H,17,19H2,1H3;7-10,20-21H,1-6H3. The van der Waals surface area contributed by atoms with Crippen LogP contribution in [0.4, 0.5) is 0 Å². The van der Waals surface area contributed by atoms with E-state index in [0.717, 1.165) is 44.5 Å². The summed E-state index contributed by atoms with van der Waals surface area (Å²) in [4.78, 5) is 0. The Balaban J connectivity index is 0.000000217. The maximum Gasteiger partial charge on any atom is 0.186 e. The summed E-state index contributed by atoms with van der Waals surface area (Å²) < 4.78 is 0. The maximum atomic E-state index is 10.0. The Hall–Kier alpha value is -4.72. The van der Waals surface area contributed by atoms with Crippen LogP contribution < -0.4 is 0 Å². The molecular formula is C46H52O6. The number of phenolic OH excluding ortho intramolecular Hbond substituents is 2. The number of aryl methyl sites for hydroxylation is 4. The first-order valence-corrected chi connectivity index (χ1v) is 17.8. The summed E-state index contributed by atoms with van der Waals surface area (Å²) in [5, 5.41) is 60.1. The van der Waals surface area contributed by atoms with E-state index in [0.29, 0.717) is 11.5 Å². The topological polar surface area (TPSA) is 121 Å². The van der Waals surface area contributed by atoms with E-state index >= 15 is 0 Å². The second-order valence-electron chi connectivity index (χ2n) is 15.1. The molecule has 0 aromatic heterocycles. The van der Waals surface area contributed by atoms with Gasteiger partial charge in [0.1, 0.15) is 11.5 Å². The van der Waals surface area contributed by atoms with E-state index in [-0.39, 0.29) is 24.2 Å². The fourth-order valence-corrected chi connectivity index (χ4v) is 7.46. The van der Waals surface area contributed by atoms with Crippen LogP contribution in [0.15, 0.2) is 133 Å². The molecule has 4 aromatic carbocycles. The lowest BCUT2D eigenvalue weighted by Crippen LogP contribution is -2.35. The van der Waals surface area contributed by atoms with Crippen molar-refractivity contribution in [1.29, 1.82) is 0 Å².